The van der Waals surface area contributed by atoms with Gasteiger partial charge in [0.05, 0.1) is 18.4 Å². The predicted molar refractivity (Wildman–Crippen MR) is 148 cm³/mol. The van der Waals surface area contributed by atoms with Crippen molar-refractivity contribution in [3.63, 3.8) is 0 Å². The summed E-state index contributed by atoms with van der Waals surface area (Å²) in [5.74, 6) is -1.60. The summed E-state index contributed by atoms with van der Waals surface area (Å²) in [6.07, 6.45) is 4.38. The van der Waals surface area contributed by atoms with E-state index in [0.717, 1.165) is 14.5 Å². The number of carboxylic acids is 1. The average molecular weight is 621 g/mol. The molecule has 0 spiro atoms. The number of fused-ring (bicyclic) bond motifs is 1. The van der Waals surface area contributed by atoms with E-state index in [4.69, 9.17) is 8.84 Å². The first-order valence-corrected chi connectivity index (χ1v) is 15.7. The lowest BCUT2D eigenvalue weighted by Crippen LogP contribution is -2.42. The first kappa shape index (κ1) is 26.6. The Labute approximate surface area is 224 Å². The molecule has 2 aromatic carbocycles. The van der Waals surface area contributed by atoms with Gasteiger partial charge in [-0.15, -0.1) is 0 Å². The van der Waals surface area contributed by atoms with Crippen LogP contribution < -0.4 is 0 Å². The van der Waals surface area contributed by atoms with Crippen molar-refractivity contribution in [3.8, 4) is 0 Å². The number of carboxylic acid groups (broad SMARTS) is 1. The number of carbonyl (C=O) groups is 1. The highest BCUT2D eigenvalue weighted by Crippen LogP contribution is 2.44. The van der Waals surface area contributed by atoms with Gasteiger partial charge in [0, 0.05) is 39.4 Å². The van der Waals surface area contributed by atoms with Crippen molar-refractivity contribution in [2.75, 3.05) is 0 Å². The zero-order valence-electron chi connectivity index (χ0n) is 21.0. The van der Waals surface area contributed by atoms with Crippen LogP contribution in [0.25, 0.3) is 11.0 Å². The van der Waals surface area contributed by atoms with Gasteiger partial charge in [-0.3, -0.25) is 0 Å². The maximum Gasteiger partial charge on any atom is 0.372 e. The Kier molecular flexibility index (Phi) is 7.45. The summed E-state index contributed by atoms with van der Waals surface area (Å²) in [7, 11) is -2.36. The van der Waals surface area contributed by atoms with E-state index in [1.807, 2.05) is 24.3 Å². The standard InChI is InChI=1S/C27H30FIN2O4Si/c1-27(2,3)36(4,5)35-24(19-14-17-10-13-34-23(17)15-20(19)28)16-22(18-8-6-7-9-21(18)29)31-12-11-30-25(31)26(32)33/h6-15,22,24H,16H2,1-5H3,(H,32,33). The molecule has 190 valence electrons. The molecule has 2 heterocycles. The zero-order chi connectivity index (χ0) is 26.3. The van der Waals surface area contributed by atoms with Gasteiger partial charge in [0.15, 0.2) is 8.32 Å². The number of rotatable bonds is 8. The molecule has 0 saturated carbocycles. The van der Waals surface area contributed by atoms with Gasteiger partial charge in [-0.05, 0) is 64.5 Å². The van der Waals surface area contributed by atoms with Gasteiger partial charge in [0.1, 0.15) is 11.4 Å². The fourth-order valence-electron chi connectivity index (χ4n) is 4.09. The summed E-state index contributed by atoms with van der Waals surface area (Å²) in [5, 5.41) is 10.5. The lowest BCUT2D eigenvalue weighted by Gasteiger charge is -2.40. The number of benzene rings is 2. The molecule has 9 heteroatoms. The Morgan fingerprint density at radius 2 is 1.94 bits per heavy atom. The maximum atomic E-state index is 15.6. The molecule has 0 saturated heterocycles. The van der Waals surface area contributed by atoms with E-state index in [1.165, 1.54) is 18.5 Å². The highest BCUT2D eigenvalue weighted by Gasteiger charge is 2.41. The highest BCUT2D eigenvalue weighted by molar-refractivity contribution is 14.1. The van der Waals surface area contributed by atoms with Crippen LogP contribution in [-0.4, -0.2) is 28.9 Å². The van der Waals surface area contributed by atoms with Gasteiger partial charge in [-0.25, -0.2) is 14.2 Å². The van der Waals surface area contributed by atoms with Gasteiger partial charge in [-0.1, -0.05) is 39.0 Å². The van der Waals surface area contributed by atoms with Crippen molar-refractivity contribution < 1.29 is 23.1 Å². The van der Waals surface area contributed by atoms with Gasteiger partial charge in [0.2, 0.25) is 5.82 Å². The summed E-state index contributed by atoms with van der Waals surface area (Å²) in [6, 6.07) is 12.3. The molecule has 4 aromatic rings. The zero-order valence-corrected chi connectivity index (χ0v) is 24.1. The molecule has 0 amide bonds. The molecule has 0 fully saturated rings. The SMILES string of the molecule is CC(C)(C)[Si](C)(C)OC(CC(c1ccccc1I)n1ccnc1C(=O)O)c1cc2ccoc2cc1F. The number of furan rings is 1. The van der Waals surface area contributed by atoms with Gasteiger partial charge >= 0.3 is 5.97 Å². The van der Waals surface area contributed by atoms with Crippen LogP contribution in [0.3, 0.4) is 0 Å². The molecular weight excluding hydrogens is 590 g/mol. The molecule has 2 unspecified atom stereocenters. The fraction of sp³-hybridized carbons (Fsp3) is 0.333. The summed E-state index contributed by atoms with van der Waals surface area (Å²) >= 11 is 2.25. The van der Waals surface area contributed by atoms with Crippen LogP contribution in [0.1, 0.15) is 61.1 Å². The van der Waals surface area contributed by atoms with E-state index < -0.39 is 32.2 Å². The molecule has 2 atom stereocenters. The normalized spacial score (nSPS) is 14.2. The summed E-state index contributed by atoms with van der Waals surface area (Å²) in [4.78, 5) is 16.1. The van der Waals surface area contributed by atoms with E-state index in [1.54, 1.807) is 22.9 Å². The van der Waals surface area contributed by atoms with Crippen LogP contribution >= 0.6 is 22.6 Å². The van der Waals surface area contributed by atoms with Crippen molar-refractivity contribution in [2.45, 2.75) is 57.5 Å². The molecule has 6 nitrogen and oxygen atoms in total. The number of hydrogen-bond donors (Lipinski definition) is 1. The lowest BCUT2D eigenvalue weighted by molar-refractivity contribution is 0.0673. The number of aromatic carboxylic acids is 1. The number of imidazole rings is 1. The molecule has 0 aliphatic carbocycles. The molecule has 0 aliphatic rings. The number of hydrogen-bond acceptors (Lipinski definition) is 4. The Bertz CT molecular complexity index is 1390. The molecule has 1 N–H and O–H groups in total. The number of nitrogens with zero attached hydrogens (tertiary/aromatic N) is 2. The first-order valence-electron chi connectivity index (χ1n) is 11.7. The van der Waals surface area contributed by atoms with Crippen molar-refractivity contribution >= 4 is 47.8 Å². The Hall–Kier alpha value is -2.50. The average Bonchev–Trinajstić information content (AvgIpc) is 3.45. The third-order valence-electron chi connectivity index (χ3n) is 7.06. The summed E-state index contributed by atoms with van der Waals surface area (Å²) in [5.41, 5.74) is 1.83. The van der Waals surface area contributed by atoms with Crippen LogP contribution in [0.5, 0.6) is 0 Å². The second-order valence-corrected chi connectivity index (χ2v) is 16.4. The van der Waals surface area contributed by atoms with Crippen LogP contribution in [0, 0.1) is 9.39 Å². The molecule has 0 bridgehead atoms. The molecule has 0 radical (unpaired) electrons. The fourth-order valence-corrected chi connectivity index (χ4v) is 6.12. The third-order valence-corrected chi connectivity index (χ3v) is 12.5. The Morgan fingerprint density at radius 1 is 1.22 bits per heavy atom. The minimum Gasteiger partial charge on any atom is -0.475 e. The molecule has 2 aromatic heterocycles. The molecular formula is C27H30FIN2O4Si. The summed E-state index contributed by atoms with van der Waals surface area (Å²) < 4.78 is 30.5. The van der Waals surface area contributed by atoms with Crippen LogP contribution in [0.15, 0.2) is 65.5 Å². The maximum absolute atomic E-state index is 15.6. The smallest absolute Gasteiger partial charge is 0.372 e. The summed E-state index contributed by atoms with van der Waals surface area (Å²) in [6.45, 7) is 10.7. The second-order valence-electron chi connectivity index (χ2n) is 10.4. The number of halogens is 2. The van der Waals surface area contributed by atoms with Crippen LogP contribution in [0.2, 0.25) is 18.1 Å². The highest BCUT2D eigenvalue weighted by atomic mass is 127. The minimum absolute atomic E-state index is 0.0727. The van der Waals surface area contributed by atoms with E-state index >= 15 is 4.39 Å². The Balaban J connectivity index is 1.88. The topological polar surface area (TPSA) is 77.5 Å². The van der Waals surface area contributed by atoms with Crippen LogP contribution in [0.4, 0.5) is 4.39 Å². The molecule has 0 aliphatic heterocycles. The first-order chi connectivity index (χ1) is 16.9. The number of aromatic nitrogens is 2. The van der Waals surface area contributed by atoms with Gasteiger partial charge < -0.3 is 18.5 Å². The quantitative estimate of drug-likeness (QED) is 0.161. The predicted octanol–water partition coefficient (Wildman–Crippen LogP) is 7.81. The van der Waals surface area contributed by atoms with Crippen molar-refractivity contribution in [1.82, 2.24) is 9.55 Å². The molecule has 4 rings (SSSR count). The third kappa shape index (κ3) is 5.28. The van der Waals surface area contributed by atoms with Crippen LogP contribution in [-0.2, 0) is 4.43 Å². The van der Waals surface area contributed by atoms with E-state index in [9.17, 15) is 9.90 Å². The van der Waals surface area contributed by atoms with E-state index in [2.05, 4.69) is 61.4 Å². The van der Waals surface area contributed by atoms with Crippen molar-refractivity contribution in [1.29, 1.82) is 0 Å². The van der Waals surface area contributed by atoms with Crippen molar-refractivity contribution in [2.24, 2.45) is 0 Å². The van der Waals surface area contributed by atoms with E-state index in [0.29, 0.717) is 17.6 Å². The van der Waals surface area contributed by atoms with Gasteiger partial charge in [0.25, 0.3) is 0 Å². The van der Waals surface area contributed by atoms with Crippen molar-refractivity contribution in [3.05, 3.63) is 87.5 Å². The minimum atomic E-state index is -2.36. The van der Waals surface area contributed by atoms with Gasteiger partial charge in [-0.2, -0.15) is 0 Å². The molecule has 36 heavy (non-hydrogen) atoms. The lowest BCUT2D eigenvalue weighted by atomic mass is 9.95. The largest absolute Gasteiger partial charge is 0.475 e. The van der Waals surface area contributed by atoms with E-state index in [-0.39, 0.29) is 10.9 Å². The Morgan fingerprint density at radius 3 is 2.61 bits per heavy atom. The second kappa shape index (κ2) is 10.1. The monoisotopic (exact) mass is 620 g/mol.